The first kappa shape index (κ1) is 13.3. The molecule has 0 saturated heterocycles. The van der Waals surface area contributed by atoms with Gasteiger partial charge in [0.25, 0.3) is 0 Å². The zero-order valence-electron chi connectivity index (χ0n) is 12.1. The Morgan fingerprint density at radius 3 is 2.86 bits per heavy atom. The molecule has 0 saturated carbocycles. The maximum absolute atomic E-state index is 5.76. The Hall–Kier alpha value is -2.69. The lowest BCUT2D eigenvalue weighted by atomic mass is 10.0. The number of hydrogen-bond donors (Lipinski definition) is 1. The fourth-order valence-corrected chi connectivity index (χ4v) is 2.35. The Kier molecular flexibility index (Phi) is 3.39. The molecule has 0 radical (unpaired) electrons. The summed E-state index contributed by atoms with van der Waals surface area (Å²) in [6.07, 6.45) is 8.19. The number of aromatic nitrogens is 4. The van der Waals surface area contributed by atoms with Crippen molar-refractivity contribution in [1.82, 2.24) is 19.5 Å². The average Bonchev–Trinajstić information content (AvgIpc) is 3.03. The number of imidazole rings is 1. The van der Waals surface area contributed by atoms with Crippen molar-refractivity contribution in [3.8, 4) is 16.9 Å². The fourth-order valence-electron chi connectivity index (χ4n) is 2.35. The number of hydrogen-bond acceptors (Lipinski definition) is 4. The van der Waals surface area contributed by atoms with Crippen LogP contribution in [0.3, 0.4) is 0 Å². The zero-order valence-corrected chi connectivity index (χ0v) is 12.1. The molecule has 0 aliphatic carbocycles. The molecule has 2 heterocycles. The summed E-state index contributed by atoms with van der Waals surface area (Å²) in [5, 5.41) is 0. The molecule has 0 atom stereocenters. The van der Waals surface area contributed by atoms with Crippen molar-refractivity contribution in [2.24, 2.45) is 0 Å². The maximum atomic E-state index is 5.76. The molecule has 0 bridgehead atoms. The van der Waals surface area contributed by atoms with Crippen LogP contribution in [0.25, 0.3) is 16.9 Å². The standard InChI is InChI=1S/C16H17N5/c1-3-12-4-5-14(21-7-6-18-10-21)13(8-12)15-11(2)9-19-16(17)20-15/h4-10H,3H2,1-2H3,(H2,17,19,20). The molecule has 1 aromatic carbocycles. The Morgan fingerprint density at radius 2 is 2.14 bits per heavy atom. The van der Waals surface area contributed by atoms with Crippen LogP contribution in [0.1, 0.15) is 18.1 Å². The van der Waals surface area contributed by atoms with E-state index < -0.39 is 0 Å². The van der Waals surface area contributed by atoms with Crippen molar-refractivity contribution in [3.63, 3.8) is 0 Å². The summed E-state index contributed by atoms with van der Waals surface area (Å²) in [4.78, 5) is 12.6. The average molecular weight is 279 g/mol. The summed E-state index contributed by atoms with van der Waals surface area (Å²) in [6.45, 7) is 4.13. The van der Waals surface area contributed by atoms with Crippen LogP contribution in [-0.4, -0.2) is 19.5 Å². The van der Waals surface area contributed by atoms with E-state index in [0.29, 0.717) is 0 Å². The molecule has 0 amide bonds. The van der Waals surface area contributed by atoms with E-state index in [9.17, 15) is 0 Å². The molecule has 0 spiro atoms. The molecule has 0 aliphatic rings. The van der Waals surface area contributed by atoms with Crippen LogP contribution in [0.4, 0.5) is 5.95 Å². The first-order valence-corrected chi connectivity index (χ1v) is 6.89. The molecule has 106 valence electrons. The highest BCUT2D eigenvalue weighted by Gasteiger charge is 2.12. The smallest absolute Gasteiger partial charge is 0.220 e. The van der Waals surface area contributed by atoms with E-state index in [2.05, 4.69) is 40.1 Å². The summed E-state index contributed by atoms with van der Waals surface area (Å²) in [7, 11) is 0. The lowest BCUT2D eigenvalue weighted by Crippen LogP contribution is -2.02. The number of nitrogens with zero attached hydrogens (tertiary/aromatic N) is 4. The van der Waals surface area contributed by atoms with Gasteiger partial charge in [-0.15, -0.1) is 0 Å². The SMILES string of the molecule is CCc1ccc(-n2ccnc2)c(-c2nc(N)ncc2C)c1. The largest absolute Gasteiger partial charge is 0.368 e. The van der Waals surface area contributed by atoms with Gasteiger partial charge in [0, 0.05) is 24.2 Å². The predicted octanol–water partition coefficient (Wildman–Crippen LogP) is 2.78. The van der Waals surface area contributed by atoms with Gasteiger partial charge >= 0.3 is 0 Å². The van der Waals surface area contributed by atoms with Crippen LogP contribution in [0.5, 0.6) is 0 Å². The molecule has 21 heavy (non-hydrogen) atoms. The van der Waals surface area contributed by atoms with Gasteiger partial charge in [0.2, 0.25) is 5.95 Å². The van der Waals surface area contributed by atoms with Crippen molar-refractivity contribution >= 4 is 5.95 Å². The highest BCUT2D eigenvalue weighted by molar-refractivity contribution is 5.73. The first-order chi connectivity index (χ1) is 10.2. The number of anilines is 1. The lowest BCUT2D eigenvalue weighted by Gasteiger charge is -2.13. The predicted molar refractivity (Wildman–Crippen MR) is 83.1 cm³/mol. The quantitative estimate of drug-likeness (QED) is 0.800. The second-order valence-electron chi connectivity index (χ2n) is 4.93. The van der Waals surface area contributed by atoms with Gasteiger partial charge in [-0.05, 0) is 36.6 Å². The van der Waals surface area contributed by atoms with Gasteiger partial charge in [-0.1, -0.05) is 13.0 Å². The minimum Gasteiger partial charge on any atom is -0.368 e. The van der Waals surface area contributed by atoms with E-state index in [0.717, 1.165) is 28.9 Å². The van der Waals surface area contributed by atoms with Crippen LogP contribution in [-0.2, 0) is 6.42 Å². The Morgan fingerprint density at radius 1 is 1.29 bits per heavy atom. The van der Waals surface area contributed by atoms with Gasteiger partial charge in [-0.3, -0.25) is 0 Å². The second-order valence-corrected chi connectivity index (χ2v) is 4.93. The van der Waals surface area contributed by atoms with E-state index in [4.69, 9.17) is 5.73 Å². The molecule has 5 nitrogen and oxygen atoms in total. The van der Waals surface area contributed by atoms with Crippen LogP contribution in [0.2, 0.25) is 0 Å². The summed E-state index contributed by atoms with van der Waals surface area (Å²) in [6, 6.07) is 6.37. The van der Waals surface area contributed by atoms with Gasteiger partial charge in [0.05, 0.1) is 17.7 Å². The molecule has 0 aliphatic heterocycles. The number of nitrogens with two attached hydrogens (primary N) is 1. The highest BCUT2D eigenvalue weighted by atomic mass is 15.0. The normalized spacial score (nSPS) is 10.8. The number of rotatable bonds is 3. The third kappa shape index (κ3) is 2.50. The van der Waals surface area contributed by atoms with Gasteiger partial charge in [-0.25, -0.2) is 15.0 Å². The minimum absolute atomic E-state index is 0.286. The van der Waals surface area contributed by atoms with E-state index in [-0.39, 0.29) is 5.95 Å². The maximum Gasteiger partial charge on any atom is 0.220 e. The summed E-state index contributed by atoms with van der Waals surface area (Å²) in [5.41, 5.74) is 11.0. The van der Waals surface area contributed by atoms with Gasteiger partial charge in [0.1, 0.15) is 0 Å². The molecular formula is C16H17N5. The molecular weight excluding hydrogens is 262 g/mol. The topological polar surface area (TPSA) is 69.6 Å². The van der Waals surface area contributed by atoms with Crippen LogP contribution in [0.15, 0.2) is 43.1 Å². The Balaban J connectivity index is 2.26. The molecule has 5 heteroatoms. The van der Waals surface area contributed by atoms with E-state index in [1.54, 1.807) is 18.7 Å². The van der Waals surface area contributed by atoms with E-state index in [1.165, 1.54) is 5.56 Å². The van der Waals surface area contributed by atoms with Crippen molar-refractivity contribution in [2.75, 3.05) is 5.73 Å². The fraction of sp³-hybridized carbons (Fsp3) is 0.188. The Bertz CT molecular complexity index is 762. The number of aryl methyl sites for hydroxylation is 2. The zero-order chi connectivity index (χ0) is 14.8. The van der Waals surface area contributed by atoms with Crippen molar-refractivity contribution in [1.29, 1.82) is 0 Å². The summed E-state index contributed by atoms with van der Waals surface area (Å²) in [5.74, 6) is 0.286. The van der Waals surface area contributed by atoms with Gasteiger partial charge in [-0.2, -0.15) is 0 Å². The summed E-state index contributed by atoms with van der Waals surface area (Å²) >= 11 is 0. The van der Waals surface area contributed by atoms with Crippen LogP contribution in [0, 0.1) is 6.92 Å². The molecule has 0 unspecified atom stereocenters. The van der Waals surface area contributed by atoms with Gasteiger partial charge in [0.15, 0.2) is 0 Å². The molecule has 0 fully saturated rings. The van der Waals surface area contributed by atoms with Crippen LogP contribution >= 0.6 is 0 Å². The number of nitrogen functional groups attached to an aromatic ring is 1. The second kappa shape index (κ2) is 5.36. The van der Waals surface area contributed by atoms with E-state index in [1.807, 2.05) is 17.7 Å². The molecule has 2 N–H and O–H groups in total. The summed E-state index contributed by atoms with van der Waals surface area (Å²) < 4.78 is 1.98. The highest BCUT2D eigenvalue weighted by Crippen LogP contribution is 2.29. The monoisotopic (exact) mass is 279 g/mol. The Labute approximate surface area is 123 Å². The lowest BCUT2D eigenvalue weighted by molar-refractivity contribution is 1.04. The first-order valence-electron chi connectivity index (χ1n) is 6.89. The van der Waals surface area contributed by atoms with Gasteiger partial charge < -0.3 is 10.3 Å². The van der Waals surface area contributed by atoms with Crippen LogP contribution < -0.4 is 5.73 Å². The molecule has 3 aromatic rings. The van der Waals surface area contributed by atoms with Crippen molar-refractivity contribution < 1.29 is 0 Å². The minimum atomic E-state index is 0.286. The third-order valence-corrected chi connectivity index (χ3v) is 3.50. The molecule has 2 aromatic heterocycles. The number of benzene rings is 1. The molecule has 3 rings (SSSR count). The van der Waals surface area contributed by atoms with E-state index >= 15 is 0 Å². The third-order valence-electron chi connectivity index (χ3n) is 3.50. The van der Waals surface area contributed by atoms with Crippen molar-refractivity contribution in [2.45, 2.75) is 20.3 Å². The van der Waals surface area contributed by atoms with Crippen molar-refractivity contribution in [3.05, 3.63) is 54.2 Å².